The number of hydrogen-bond acceptors (Lipinski definition) is 2. The summed E-state index contributed by atoms with van der Waals surface area (Å²) in [5.74, 6) is 0.0167. The minimum atomic E-state index is 0.0167. The first-order valence-corrected chi connectivity index (χ1v) is 6.81. The third kappa shape index (κ3) is 3.18. The molecule has 0 aliphatic rings. The highest BCUT2D eigenvalue weighted by atomic mass is 16.2. The lowest BCUT2D eigenvalue weighted by Crippen LogP contribution is -2.30. The first-order chi connectivity index (χ1) is 9.61. The number of carbonyl (C=O) groups is 1. The van der Waals surface area contributed by atoms with Gasteiger partial charge in [-0.2, -0.15) is 0 Å². The maximum absolute atomic E-state index is 12.5. The lowest BCUT2D eigenvalue weighted by Gasteiger charge is -2.22. The molecule has 0 heterocycles. The van der Waals surface area contributed by atoms with Crippen LogP contribution >= 0.6 is 0 Å². The van der Waals surface area contributed by atoms with Gasteiger partial charge in [0.05, 0.1) is 0 Å². The van der Waals surface area contributed by atoms with Gasteiger partial charge >= 0.3 is 0 Å². The van der Waals surface area contributed by atoms with Gasteiger partial charge in [-0.05, 0) is 43.2 Å². The number of nitrogens with zero attached hydrogens (tertiary/aromatic N) is 1. The second kappa shape index (κ2) is 6.24. The van der Waals surface area contributed by atoms with E-state index in [-0.39, 0.29) is 5.91 Å². The number of amides is 1. The highest BCUT2D eigenvalue weighted by Gasteiger charge is 2.15. The van der Waals surface area contributed by atoms with E-state index < -0.39 is 0 Å². The maximum Gasteiger partial charge on any atom is 0.254 e. The monoisotopic (exact) mass is 268 g/mol. The Balaban J connectivity index is 2.20. The molecule has 2 rings (SSSR count). The van der Waals surface area contributed by atoms with Crippen LogP contribution < -0.4 is 5.73 Å². The van der Waals surface area contributed by atoms with Gasteiger partial charge in [-0.15, -0.1) is 0 Å². The van der Waals surface area contributed by atoms with Gasteiger partial charge in [0.25, 0.3) is 5.91 Å². The fourth-order valence-electron chi connectivity index (χ4n) is 2.17. The molecule has 0 aromatic heterocycles. The van der Waals surface area contributed by atoms with Crippen LogP contribution in [-0.2, 0) is 6.54 Å². The van der Waals surface area contributed by atoms with Crippen molar-refractivity contribution in [2.45, 2.75) is 20.4 Å². The normalized spacial score (nSPS) is 10.3. The Kier molecular flexibility index (Phi) is 4.41. The first-order valence-electron chi connectivity index (χ1n) is 6.81. The van der Waals surface area contributed by atoms with Crippen molar-refractivity contribution >= 4 is 11.6 Å². The summed E-state index contributed by atoms with van der Waals surface area (Å²) >= 11 is 0. The zero-order valence-electron chi connectivity index (χ0n) is 12.0. The van der Waals surface area contributed by atoms with E-state index in [1.165, 1.54) is 11.1 Å². The molecule has 0 fully saturated rings. The Morgan fingerprint density at radius 3 is 2.55 bits per heavy atom. The van der Waals surface area contributed by atoms with Crippen LogP contribution in [-0.4, -0.2) is 17.4 Å². The van der Waals surface area contributed by atoms with Crippen LogP contribution in [0.3, 0.4) is 0 Å². The standard InChI is InChI=1S/C17H20N2O/c1-3-19(12-15-8-5-4-7-13(15)2)17(20)14-9-6-10-16(18)11-14/h4-11H,3,12,18H2,1-2H3. The second-order valence-electron chi connectivity index (χ2n) is 4.87. The van der Waals surface area contributed by atoms with Crippen molar-refractivity contribution in [3.63, 3.8) is 0 Å². The van der Waals surface area contributed by atoms with Gasteiger partial charge in [-0.1, -0.05) is 30.3 Å². The number of nitrogens with two attached hydrogens (primary N) is 1. The molecule has 20 heavy (non-hydrogen) atoms. The van der Waals surface area contributed by atoms with Crippen molar-refractivity contribution in [2.24, 2.45) is 0 Å². The molecule has 104 valence electrons. The van der Waals surface area contributed by atoms with E-state index in [9.17, 15) is 4.79 Å². The maximum atomic E-state index is 12.5. The Morgan fingerprint density at radius 2 is 1.90 bits per heavy atom. The minimum absolute atomic E-state index is 0.0167. The molecule has 0 spiro atoms. The van der Waals surface area contributed by atoms with Crippen LogP contribution in [0.25, 0.3) is 0 Å². The van der Waals surface area contributed by atoms with E-state index in [1.54, 1.807) is 18.2 Å². The number of hydrogen-bond donors (Lipinski definition) is 1. The van der Waals surface area contributed by atoms with Gasteiger partial charge in [-0.3, -0.25) is 4.79 Å². The highest BCUT2D eigenvalue weighted by molar-refractivity contribution is 5.95. The molecule has 0 atom stereocenters. The number of nitrogen functional groups attached to an aromatic ring is 1. The average Bonchev–Trinajstić information content (AvgIpc) is 2.46. The fraction of sp³-hybridized carbons (Fsp3) is 0.235. The van der Waals surface area contributed by atoms with Gasteiger partial charge in [0.1, 0.15) is 0 Å². The number of benzene rings is 2. The Bertz CT molecular complexity index is 607. The molecule has 0 aliphatic heterocycles. The molecular formula is C17H20N2O. The smallest absolute Gasteiger partial charge is 0.254 e. The van der Waals surface area contributed by atoms with E-state index in [0.29, 0.717) is 24.3 Å². The second-order valence-corrected chi connectivity index (χ2v) is 4.87. The van der Waals surface area contributed by atoms with Crippen LogP contribution in [0, 0.1) is 6.92 Å². The van der Waals surface area contributed by atoms with E-state index in [1.807, 2.05) is 30.0 Å². The quantitative estimate of drug-likeness (QED) is 0.865. The van der Waals surface area contributed by atoms with Crippen LogP contribution in [0.4, 0.5) is 5.69 Å². The summed E-state index contributed by atoms with van der Waals surface area (Å²) in [5, 5.41) is 0. The van der Waals surface area contributed by atoms with Crippen LogP contribution in [0.1, 0.15) is 28.4 Å². The molecule has 0 radical (unpaired) electrons. The molecular weight excluding hydrogens is 248 g/mol. The predicted octanol–water partition coefficient (Wildman–Crippen LogP) is 3.24. The van der Waals surface area contributed by atoms with Gasteiger partial charge < -0.3 is 10.6 Å². The highest BCUT2D eigenvalue weighted by Crippen LogP contribution is 2.14. The SMILES string of the molecule is CCN(Cc1ccccc1C)C(=O)c1cccc(N)c1. The van der Waals surface area contributed by atoms with E-state index in [4.69, 9.17) is 5.73 Å². The third-order valence-electron chi connectivity index (χ3n) is 3.42. The molecule has 2 aromatic rings. The van der Waals surface area contributed by atoms with Crippen LogP contribution in [0.15, 0.2) is 48.5 Å². The van der Waals surface area contributed by atoms with Crippen molar-refractivity contribution < 1.29 is 4.79 Å². The Morgan fingerprint density at radius 1 is 1.15 bits per heavy atom. The third-order valence-corrected chi connectivity index (χ3v) is 3.42. The van der Waals surface area contributed by atoms with Gasteiger partial charge in [0, 0.05) is 24.3 Å². The minimum Gasteiger partial charge on any atom is -0.399 e. The van der Waals surface area contributed by atoms with Gasteiger partial charge in [0.15, 0.2) is 0 Å². The van der Waals surface area contributed by atoms with Crippen molar-refractivity contribution in [1.29, 1.82) is 0 Å². The molecule has 0 saturated carbocycles. The van der Waals surface area contributed by atoms with Crippen molar-refractivity contribution in [1.82, 2.24) is 4.90 Å². The molecule has 0 unspecified atom stereocenters. The van der Waals surface area contributed by atoms with Crippen molar-refractivity contribution in [3.05, 3.63) is 65.2 Å². The molecule has 0 aliphatic carbocycles. The zero-order valence-corrected chi connectivity index (χ0v) is 12.0. The molecule has 0 bridgehead atoms. The summed E-state index contributed by atoms with van der Waals surface area (Å²) in [4.78, 5) is 14.3. The largest absolute Gasteiger partial charge is 0.399 e. The summed E-state index contributed by atoms with van der Waals surface area (Å²) in [6.07, 6.45) is 0. The molecule has 3 heteroatoms. The number of anilines is 1. The van der Waals surface area contributed by atoms with Crippen molar-refractivity contribution in [3.8, 4) is 0 Å². The topological polar surface area (TPSA) is 46.3 Å². The zero-order chi connectivity index (χ0) is 14.5. The summed E-state index contributed by atoms with van der Waals surface area (Å²) < 4.78 is 0. The molecule has 2 N–H and O–H groups in total. The summed E-state index contributed by atoms with van der Waals surface area (Å²) in [6, 6.07) is 15.3. The number of rotatable bonds is 4. The van der Waals surface area contributed by atoms with Crippen LogP contribution in [0.5, 0.6) is 0 Å². The summed E-state index contributed by atoms with van der Waals surface area (Å²) in [5.41, 5.74) is 9.37. The number of carbonyl (C=O) groups excluding carboxylic acids is 1. The summed E-state index contributed by atoms with van der Waals surface area (Å²) in [7, 11) is 0. The molecule has 3 nitrogen and oxygen atoms in total. The van der Waals surface area contributed by atoms with E-state index >= 15 is 0 Å². The molecule has 0 saturated heterocycles. The first kappa shape index (κ1) is 14.1. The lowest BCUT2D eigenvalue weighted by molar-refractivity contribution is 0.0752. The fourth-order valence-corrected chi connectivity index (χ4v) is 2.17. The molecule has 1 amide bonds. The average molecular weight is 268 g/mol. The van der Waals surface area contributed by atoms with Crippen molar-refractivity contribution in [2.75, 3.05) is 12.3 Å². The predicted molar refractivity (Wildman–Crippen MR) is 82.4 cm³/mol. The van der Waals surface area contributed by atoms with E-state index in [0.717, 1.165) is 0 Å². The Labute approximate surface area is 120 Å². The van der Waals surface area contributed by atoms with Gasteiger partial charge in [0.2, 0.25) is 0 Å². The van der Waals surface area contributed by atoms with Crippen LogP contribution in [0.2, 0.25) is 0 Å². The summed E-state index contributed by atoms with van der Waals surface area (Å²) in [6.45, 7) is 5.34. The lowest BCUT2D eigenvalue weighted by atomic mass is 10.1. The molecule has 2 aromatic carbocycles. The number of aryl methyl sites for hydroxylation is 1. The van der Waals surface area contributed by atoms with Gasteiger partial charge in [-0.25, -0.2) is 0 Å². The Hall–Kier alpha value is -2.29. The van der Waals surface area contributed by atoms with E-state index in [2.05, 4.69) is 19.1 Å².